The van der Waals surface area contributed by atoms with Crippen molar-refractivity contribution in [1.82, 2.24) is 20.0 Å². The lowest BCUT2D eigenvalue weighted by Gasteiger charge is -2.05. The number of anilines is 1. The number of aromatic nitrogens is 4. The summed E-state index contributed by atoms with van der Waals surface area (Å²) >= 11 is 0. The summed E-state index contributed by atoms with van der Waals surface area (Å²) in [4.78, 5) is 0. The van der Waals surface area contributed by atoms with Gasteiger partial charge in [0.15, 0.2) is 0 Å². The summed E-state index contributed by atoms with van der Waals surface area (Å²) in [6.45, 7) is 3.75. The molecule has 0 aliphatic heterocycles. The zero-order valence-electron chi connectivity index (χ0n) is 8.07. The van der Waals surface area contributed by atoms with Gasteiger partial charge in [0.1, 0.15) is 0 Å². The number of aryl methyl sites for hydroxylation is 1. The monoisotopic (exact) mass is 191 g/mol. The molecule has 0 unspecified atom stereocenters. The highest BCUT2D eigenvalue weighted by Crippen LogP contribution is 2.05. The van der Waals surface area contributed by atoms with E-state index in [1.54, 1.807) is 6.20 Å². The van der Waals surface area contributed by atoms with Gasteiger partial charge < -0.3 is 5.32 Å². The molecule has 0 aromatic carbocycles. The van der Waals surface area contributed by atoms with Gasteiger partial charge in [-0.15, -0.1) is 0 Å². The summed E-state index contributed by atoms with van der Waals surface area (Å²) < 4.78 is 1.97. The lowest BCUT2D eigenvalue weighted by Crippen LogP contribution is -2.07. The van der Waals surface area contributed by atoms with E-state index in [1.807, 2.05) is 23.1 Å². The van der Waals surface area contributed by atoms with Gasteiger partial charge in [-0.05, 0) is 13.0 Å². The van der Waals surface area contributed by atoms with E-state index in [4.69, 9.17) is 0 Å². The molecule has 0 spiro atoms. The maximum atomic E-state index is 4.19. The number of nitrogens with zero attached hydrogens (tertiary/aromatic N) is 3. The Morgan fingerprint density at radius 2 is 2.50 bits per heavy atom. The molecule has 0 fully saturated rings. The quantitative estimate of drug-likeness (QED) is 0.764. The molecular weight excluding hydrogens is 178 g/mol. The number of hydrogen-bond acceptors (Lipinski definition) is 3. The number of aromatic amines is 1. The Labute approximate surface area is 82.1 Å². The molecular formula is C9H13N5. The van der Waals surface area contributed by atoms with Gasteiger partial charge in [0.25, 0.3) is 0 Å². The molecule has 0 aliphatic rings. The molecule has 5 nitrogen and oxygen atoms in total. The molecule has 0 aliphatic carbocycles. The highest BCUT2D eigenvalue weighted by Gasteiger charge is 2.00. The molecule has 2 aromatic rings. The first-order chi connectivity index (χ1) is 6.90. The fourth-order valence-electron chi connectivity index (χ4n) is 1.34. The van der Waals surface area contributed by atoms with E-state index in [0.717, 1.165) is 18.8 Å². The van der Waals surface area contributed by atoms with Crippen molar-refractivity contribution in [3.63, 3.8) is 0 Å². The van der Waals surface area contributed by atoms with Crippen LogP contribution in [0.2, 0.25) is 0 Å². The Morgan fingerprint density at radius 1 is 1.57 bits per heavy atom. The van der Waals surface area contributed by atoms with Crippen LogP contribution in [0.4, 0.5) is 5.69 Å². The molecule has 0 bridgehead atoms. The molecule has 0 saturated heterocycles. The van der Waals surface area contributed by atoms with E-state index in [0.29, 0.717) is 0 Å². The van der Waals surface area contributed by atoms with Crippen LogP contribution in [-0.4, -0.2) is 20.0 Å². The molecule has 0 radical (unpaired) electrons. The van der Waals surface area contributed by atoms with Gasteiger partial charge in [-0.3, -0.25) is 9.78 Å². The minimum Gasteiger partial charge on any atom is -0.377 e. The molecule has 0 saturated carbocycles. The number of H-pyrrole nitrogens is 1. The molecule has 5 heteroatoms. The van der Waals surface area contributed by atoms with E-state index in [2.05, 4.69) is 27.5 Å². The molecule has 0 atom stereocenters. The van der Waals surface area contributed by atoms with Gasteiger partial charge in [0.2, 0.25) is 0 Å². The van der Waals surface area contributed by atoms with Crippen molar-refractivity contribution in [3.05, 3.63) is 30.4 Å². The Balaban J connectivity index is 1.98. The minimum atomic E-state index is 0.771. The third-order valence-electron chi connectivity index (χ3n) is 2.08. The number of hydrogen-bond donors (Lipinski definition) is 2. The van der Waals surface area contributed by atoms with Crippen molar-refractivity contribution >= 4 is 5.69 Å². The zero-order valence-corrected chi connectivity index (χ0v) is 8.07. The van der Waals surface area contributed by atoms with Crippen LogP contribution in [0.3, 0.4) is 0 Å². The summed E-state index contributed by atoms with van der Waals surface area (Å²) in [5, 5.41) is 14.0. The fraction of sp³-hybridized carbons (Fsp3) is 0.333. The largest absolute Gasteiger partial charge is 0.377 e. The van der Waals surface area contributed by atoms with E-state index < -0.39 is 0 Å². The third kappa shape index (κ3) is 1.76. The van der Waals surface area contributed by atoms with E-state index in [9.17, 15) is 0 Å². The van der Waals surface area contributed by atoms with Gasteiger partial charge in [-0.2, -0.15) is 10.2 Å². The standard InChI is InChI=1S/C9H13N5/c1-2-14-9(3-4-13-14)7-10-8-5-11-12-6-8/h3-6,10H,2,7H2,1H3,(H,11,12). The second-order valence-electron chi connectivity index (χ2n) is 2.98. The Hall–Kier alpha value is -1.78. The Bertz CT molecular complexity index is 376. The summed E-state index contributed by atoms with van der Waals surface area (Å²) in [5.74, 6) is 0. The van der Waals surface area contributed by atoms with E-state index >= 15 is 0 Å². The second kappa shape index (κ2) is 3.95. The highest BCUT2D eigenvalue weighted by atomic mass is 15.3. The molecule has 14 heavy (non-hydrogen) atoms. The summed E-state index contributed by atoms with van der Waals surface area (Å²) in [7, 11) is 0. The predicted octanol–water partition coefficient (Wildman–Crippen LogP) is 1.24. The van der Waals surface area contributed by atoms with E-state index in [1.165, 1.54) is 5.69 Å². The van der Waals surface area contributed by atoms with Crippen molar-refractivity contribution in [2.24, 2.45) is 0 Å². The van der Waals surface area contributed by atoms with E-state index in [-0.39, 0.29) is 0 Å². The first kappa shape index (κ1) is 8.80. The van der Waals surface area contributed by atoms with Crippen LogP contribution in [0.25, 0.3) is 0 Å². The second-order valence-corrected chi connectivity index (χ2v) is 2.98. The van der Waals surface area contributed by atoms with Gasteiger partial charge in [0, 0.05) is 18.9 Å². The van der Waals surface area contributed by atoms with Crippen molar-refractivity contribution < 1.29 is 0 Å². The maximum Gasteiger partial charge on any atom is 0.0726 e. The zero-order chi connectivity index (χ0) is 9.80. The summed E-state index contributed by atoms with van der Waals surface area (Å²) in [5.41, 5.74) is 2.17. The first-order valence-electron chi connectivity index (χ1n) is 4.63. The lowest BCUT2D eigenvalue weighted by molar-refractivity contribution is 0.627. The van der Waals surface area contributed by atoms with Crippen LogP contribution in [0.1, 0.15) is 12.6 Å². The lowest BCUT2D eigenvalue weighted by atomic mass is 10.4. The van der Waals surface area contributed by atoms with Crippen molar-refractivity contribution in [1.29, 1.82) is 0 Å². The molecule has 2 N–H and O–H groups in total. The van der Waals surface area contributed by atoms with Crippen LogP contribution in [0, 0.1) is 0 Å². The molecule has 2 rings (SSSR count). The highest BCUT2D eigenvalue weighted by molar-refractivity contribution is 5.37. The minimum absolute atomic E-state index is 0.771. The van der Waals surface area contributed by atoms with Gasteiger partial charge in [-0.1, -0.05) is 0 Å². The topological polar surface area (TPSA) is 58.5 Å². The van der Waals surface area contributed by atoms with Crippen molar-refractivity contribution in [2.75, 3.05) is 5.32 Å². The summed E-state index contributed by atoms with van der Waals surface area (Å²) in [6.07, 6.45) is 5.40. The van der Waals surface area contributed by atoms with Crippen LogP contribution >= 0.6 is 0 Å². The van der Waals surface area contributed by atoms with Gasteiger partial charge in [-0.25, -0.2) is 0 Å². The third-order valence-corrected chi connectivity index (χ3v) is 2.08. The molecule has 0 amide bonds. The normalized spacial score (nSPS) is 10.4. The first-order valence-corrected chi connectivity index (χ1v) is 4.63. The average molecular weight is 191 g/mol. The van der Waals surface area contributed by atoms with Crippen LogP contribution in [0.5, 0.6) is 0 Å². The Morgan fingerprint density at radius 3 is 3.21 bits per heavy atom. The SMILES string of the molecule is CCn1nccc1CNc1cn[nH]c1. The van der Waals surface area contributed by atoms with Gasteiger partial charge in [0.05, 0.1) is 24.1 Å². The van der Waals surface area contributed by atoms with Crippen LogP contribution < -0.4 is 5.32 Å². The van der Waals surface area contributed by atoms with Crippen LogP contribution in [-0.2, 0) is 13.1 Å². The average Bonchev–Trinajstić information content (AvgIpc) is 2.85. The molecule has 74 valence electrons. The maximum absolute atomic E-state index is 4.19. The summed E-state index contributed by atoms with van der Waals surface area (Å²) in [6, 6.07) is 2.01. The Kier molecular flexibility index (Phi) is 2.48. The van der Waals surface area contributed by atoms with Crippen molar-refractivity contribution in [2.45, 2.75) is 20.0 Å². The smallest absolute Gasteiger partial charge is 0.0726 e. The molecule has 2 heterocycles. The number of rotatable bonds is 4. The predicted molar refractivity (Wildman–Crippen MR) is 53.8 cm³/mol. The van der Waals surface area contributed by atoms with Crippen LogP contribution in [0.15, 0.2) is 24.7 Å². The van der Waals surface area contributed by atoms with Crippen molar-refractivity contribution in [3.8, 4) is 0 Å². The fourth-order valence-corrected chi connectivity index (χ4v) is 1.34. The van der Waals surface area contributed by atoms with Gasteiger partial charge >= 0.3 is 0 Å². The molecule has 2 aromatic heterocycles. The number of nitrogens with one attached hydrogen (secondary N) is 2.